The molecular weight excluding hydrogens is 396 g/mol. The van der Waals surface area contributed by atoms with Gasteiger partial charge in [-0.1, -0.05) is 19.1 Å². The van der Waals surface area contributed by atoms with E-state index in [9.17, 15) is 9.90 Å². The third-order valence-electron chi connectivity index (χ3n) is 6.83. The maximum Gasteiger partial charge on any atom is 0.260 e. The van der Waals surface area contributed by atoms with Gasteiger partial charge in [-0.05, 0) is 49.8 Å². The quantitative estimate of drug-likeness (QED) is 0.602. The number of aromatic nitrogens is 2. The second-order valence-electron chi connectivity index (χ2n) is 8.84. The Hall–Kier alpha value is -2.38. The predicted molar refractivity (Wildman–Crippen MR) is 121 cm³/mol. The number of H-pyrrole nitrogens is 1. The smallest absolute Gasteiger partial charge is 0.260 e. The minimum absolute atomic E-state index is 0.0288. The van der Waals surface area contributed by atoms with Crippen molar-refractivity contribution >= 4 is 27.2 Å². The molecule has 0 bridgehead atoms. The highest BCUT2D eigenvalue weighted by molar-refractivity contribution is 7.18. The summed E-state index contributed by atoms with van der Waals surface area (Å²) in [7, 11) is 0. The van der Waals surface area contributed by atoms with Crippen molar-refractivity contribution < 1.29 is 10.0 Å². The molecule has 1 saturated heterocycles. The molecule has 1 aliphatic heterocycles. The maximum atomic E-state index is 12.9. The first-order valence-electron chi connectivity index (χ1n) is 10.9. The number of para-hydroxylation sites is 2. The van der Waals surface area contributed by atoms with Gasteiger partial charge in [0.15, 0.2) is 5.82 Å². The summed E-state index contributed by atoms with van der Waals surface area (Å²) >= 11 is 1.72. The fourth-order valence-corrected chi connectivity index (χ4v) is 6.35. The molecule has 1 fully saturated rings. The number of aromatic hydroxyl groups is 1. The van der Waals surface area contributed by atoms with Crippen molar-refractivity contribution in [2.75, 3.05) is 31.1 Å². The van der Waals surface area contributed by atoms with Gasteiger partial charge in [-0.3, -0.25) is 4.79 Å². The monoisotopic (exact) mass is 425 g/mol. The Kier molecular flexibility index (Phi) is 5.03. The Morgan fingerprint density at radius 3 is 2.83 bits per heavy atom. The SMILES string of the molecule is C[C@H]1CCc2c(sc3nc([C@H](C)[NH+]4CCN(c5ccccc5O)CC4)[nH]c(=O)c23)C1. The molecule has 2 aromatic heterocycles. The van der Waals surface area contributed by atoms with E-state index in [1.54, 1.807) is 17.4 Å². The average Bonchev–Trinajstić information content (AvgIpc) is 3.11. The molecule has 2 aliphatic rings. The number of anilines is 1. The van der Waals surface area contributed by atoms with Crippen LogP contribution in [0, 0.1) is 5.92 Å². The number of nitrogens with one attached hydrogen (secondary N) is 2. The maximum absolute atomic E-state index is 12.9. The first-order chi connectivity index (χ1) is 14.5. The van der Waals surface area contributed by atoms with E-state index in [2.05, 4.69) is 23.7 Å². The predicted octanol–water partition coefficient (Wildman–Crippen LogP) is 2.28. The highest BCUT2D eigenvalue weighted by Gasteiger charge is 2.29. The summed E-state index contributed by atoms with van der Waals surface area (Å²) in [5.41, 5.74) is 2.17. The zero-order valence-electron chi connectivity index (χ0n) is 17.6. The second kappa shape index (κ2) is 7.71. The van der Waals surface area contributed by atoms with Crippen LogP contribution in [0.2, 0.25) is 0 Å². The lowest BCUT2D eigenvalue weighted by atomic mass is 9.89. The number of thiophene rings is 1. The van der Waals surface area contributed by atoms with Crippen LogP contribution >= 0.6 is 11.3 Å². The summed E-state index contributed by atoms with van der Waals surface area (Å²) in [6, 6.07) is 7.65. The third-order valence-corrected chi connectivity index (χ3v) is 7.98. The van der Waals surface area contributed by atoms with Crippen molar-refractivity contribution in [3.63, 3.8) is 0 Å². The number of nitrogens with zero attached hydrogens (tertiary/aromatic N) is 2. The molecule has 1 aliphatic carbocycles. The number of hydrogen-bond donors (Lipinski definition) is 3. The molecule has 0 spiro atoms. The number of phenolic OH excluding ortho intramolecular Hbond substituents is 1. The van der Waals surface area contributed by atoms with Crippen LogP contribution in [0.25, 0.3) is 10.2 Å². The first kappa shape index (κ1) is 19.6. The molecule has 7 heteroatoms. The molecular formula is C23H29N4O2S+. The fraction of sp³-hybridized carbons (Fsp3) is 0.478. The summed E-state index contributed by atoms with van der Waals surface area (Å²) in [5, 5.41) is 11.0. The lowest BCUT2D eigenvalue weighted by Crippen LogP contribution is -3.14. The highest BCUT2D eigenvalue weighted by Crippen LogP contribution is 2.35. The number of benzene rings is 1. The standard InChI is InChI=1S/C23H28N4O2S/c1-14-7-8-16-19(13-14)30-23-20(16)22(29)24-21(25-23)15(2)26-9-11-27(12-10-26)17-5-3-4-6-18(17)28/h3-6,14-15,28H,7-13H2,1-2H3,(H,24,25,29)/p+1/t14-,15-/m0/s1. The molecule has 2 atom stereocenters. The number of quaternary nitrogens is 1. The van der Waals surface area contributed by atoms with Gasteiger partial charge in [0.2, 0.25) is 0 Å². The molecule has 30 heavy (non-hydrogen) atoms. The van der Waals surface area contributed by atoms with Gasteiger partial charge in [0, 0.05) is 4.88 Å². The number of phenols is 1. The van der Waals surface area contributed by atoms with Crippen molar-refractivity contribution in [2.24, 2.45) is 5.92 Å². The topological polar surface area (TPSA) is 73.7 Å². The molecule has 6 nitrogen and oxygen atoms in total. The zero-order valence-corrected chi connectivity index (χ0v) is 18.4. The normalized spacial score (nSPS) is 21.0. The van der Waals surface area contributed by atoms with E-state index in [0.717, 1.165) is 67.2 Å². The highest BCUT2D eigenvalue weighted by atomic mass is 32.1. The van der Waals surface area contributed by atoms with Crippen molar-refractivity contribution in [3.05, 3.63) is 50.9 Å². The Balaban J connectivity index is 1.36. The van der Waals surface area contributed by atoms with Crippen molar-refractivity contribution in [2.45, 2.75) is 39.2 Å². The molecule has 158 valence electrons. The van der Waals surface area contributed by atoms with E-state index in [4.69, 9.17) is 4.98 Å². The minimum Gasteiger partial charge on any atom is -0.506 e. The molecule has 3 aromatic rings. The molecule has 5 rings (SSSR count). The molecule has 0 saturated carbocycles. The summed E-state index contributed by atoms with van der Waals surface area (Å²) in [5.74, 6) is 1.82. The van der Waals surface area contributed by atoms with Crippen LogP contribution in [0.5, 0.6) is 5.75 Å². The van der Waals surface area contributed by atoms with E-state index in [1.807, 2.05) is 18.2 Å². The minimum atomic E-state index is 0.0288. The summed E-state index contributed by atoms with van der Waals surface area (Å²) in [6.45, 7) is 8.07. The Labute approximate surface area is 180 Å². The van der Waals surface area contributed by atoms with Crippen LogP contribution in [-0.2, 0) is 12.8 Å². The molecule has 0 unspecified atom stereocenters. The largest absolute Gasteiger partial charge is 0.506 e. The van der Waals surface area contributed by atoms with Crippen LogP contribution in [0.4, 0.5) is 5.69 Å². The first-order valence-corrected chi connectivity index (χ1v) is 11.7. The van der Waals surface area contributed by atoms with E-state index < -0.39 is 0 Å². The van der Waals surface area contributed by atoms with Crippen LogP contribution < -0.4 is 15.4 Å². The lowest BCUT2D eigenvalue weighted by Gasteiger charge is -2.36. The van der Waals surface area contributed by atoms with E-state index in [1.165, 1.54) is 15.3 Å². The molecule has 3 N–H and O–H groups in total. The number of piperazine rings is 1. The van der Waals surface area contributed by atoms with Crippen LogP contribution in [0.3, 0.4) is 0 Å². The Morgan fingerprint density at radius 1 is 1.30 bits per heavy atom. The summed E-state index contributed by atoms with van der Waals surface area (Å²) in [4.78, 5) is 26.9. The van der Waals surface area contributed by atoms with Gasteiger partial charge in [-0.2, -0.15) is 0 Å². The number of aromatic amines is 1. The van der Waals surface area contributed by atoms with Crippen molar-refractivity contribution in [1.29, 1.82) is 0 Å². The molecule has 3 heterocycles. The molecule has 0 amide bonds. The lowest BCUT2D eigenvalue weighted by molar-refractivity contribution is -0.930. The number of aryl methyl sites for hydroxylation is 1. The zero-order chi connectivity index (χ0) is 20.8. The van der Waals surface area contributed by atoms with E-state index in [-0.39, 0.29) is 11.6 Å². The van der Waals surface area contributed by atoms with Crippen LogP contribution in [0.1, 0.15) is 42.6 Å². The van der Waals surface area contributed by atoms with Gasteiger partial charge in [0.25, 0.3) is 5.56 Å². The van der Waals surface area contributed by atoms with E-state index in [0.29, 0.717) is 11.7 Å². The number of fused-ring (bicyclic) bond motifs is 3. The van der Waals surface area contributed by atoms with Gasteiger partial charge in [0.1, 0.15) is 16.6 Å². The fourth-order valence-electron chi connectivity index (χ4n) is 4.96. The number of hydrogen-bond acceptors (Lipinski definition) is 5. The van der Waals surface area contributed by atoms with Gasteiger partial charge in [0.05, 0.1) is 37.3 Å². The van der Waals surface area contributed by atoms with E-state index >= 15 is 0 Å². The third kappa shape index (κ3) is 3.40. The molecule has 0 radical (unpaired) electrons. The Bertz CT molecular complexity index is 1130. The molecule has 1 aromatic carbocycles. The summed E-state index contributed by atoms with van der Waals surface area (Å²) in [6.07, 6.45) is 3.22. The summed E-state index contributed by atoms with van der Waals surface area (Å²) < 4.78 is 0. The Morgan fingerprint density at radius 2 is 2.07 bits per heavy atom. The van der Waals surface area contributed by atoms with Crippen molar-refractivity contribution in [3.8, 4) is 5.75 Å². The second-order valence-corrected chi connectivity index (χ2v) is 9.92. The van der Waals surface area contributed by atoms with Gasteiger partial charge < -0.3 is 19.9 Å². The van der Waals surface area contributed by atoms with Crippen molar-refractivity contribution in [1.82, 2.24) is 9.97 Å². The van der Waals surface area contributed by atoms with Gasteiger partial charge >= 0.3 is 0 Å². The van der Waals surface area contributed by atoms with Gasteiger partial charge in [-0.25, -0.2) is 4.98 Å². The van der Waals surface area contributed by atoms with Crippen LogP contribution in [-0.4, -0.2) is 41.3 Å². The van der Waals surface area contributed by atoms with Gasteiger partial charge in [-0.15, -0.1) is 11.3 Å². The van der Waals surface area contributed by atoms with Crippen LogP contribution in [0.15, 0.2) is 29.1 Å². The average molecular weight is 426 g/mol. The number of rotatable bonds is 3.